The lowest BCUT2D eigenvalue weighted by Gasteiger charge is -2.25. The third-order valence-corrected chi connectivity index (χ3v) is 5.59. The Hall–Kier alpha value is -1.71. The zero-order chi connectivity index (χ0) is 15.8. The van der Waals surface area contributed by atoms with Crippen molar-refractivity contribution in [3.63, 3.8) is 0 Å². The molecule has 2 aromatic carbocycles. The van der Waals surface area contributed by atoms with E-state index >= 15 is 0 Å². The van der Waals surface area contributed by atoms with Gasteiger partial charge in [0, 0.05) is 25.0 Å². The molecule has 4 rings (SSSR count). The molecular weight excluding hydrogens is 287 g/mol. The van der Waals surface area contributed by atoms with Crippen LogP contribution in [-0.2, 0) is 6.42 Å². The van der Waals surface area contributed by atoms with Gasteiger partial charge in [0.1, 0.15) is 5.82 Å². The maximum atomic E-state index is 13.7. The number of nitrogens with zero attached hydrogens (tertiary/aromatic N) is 1. The van der Waals surface area contributed by atoms with Gasteiger partial charge >= 0.3 is 0 Å². The average molecular weight is 310 g/mol. The predicted molar refractivity (Wildman–Crippen MR) is 90.8 cm³/mol. The standard InChI is InChI=1S/C20H23FN2/c21-17-8-6-15-7-9-20(18(15)10-17)23-12-16(11-22)19(13-23)14-4-2-1-3-5-14/h1-6,8,10,16,19-20H,7,9,11-13,22H2/t16-,19+,20?/m1/s1. The van der Waals surface area contributed by atoms with Crippen molar-refractivity contribution in [2.75, 3.05) is 19.6 Å². The quantitative estimate of drug-likeness (QED) is 0.940. The van der Waals surface area contributed by atoms with E-state index in [1.165, 1.54) is 16.7 Å². The summed E-state index contributed by atoms with van der Waals surface area (Å²) in [7, 11) is 0. The number of benzene rings is 2. The molecule has 3 atom stereocenters. The lowest BCUT2D eigenvalue weighted by molar-refractivity contribution is 0.235. The first-order chi connectivity index (χ1) is 11.3. The van der Waals surface area contributed by atoms with Crippen LogP contribution in [0.1, 0.15) is 35.1 Å². The van der Waals surface area contributed by atoms with Crippen LogP contribution in [0.5, 0.6) is 0 Å². The van der Waals surface area contributed by atoms with Crippen molar-refractivity contribution in [1.82, 2.24) is 4.90 Å². The summed E-state index contributed by atoms with van der Waals surface area (Å²) in [6.45, 7) is 2.74. The van der Waals surface area contributed by atoms with E-state index < -0.39 is 0 Å². The third kappa shape index (κ3) is 2.68. The first-order valence-corrected chi connectivity index (χ1v) is 8.53. The molecule has 0 spiro atoms. The topological polar surface area (TPSA) is 29.3 Å². The molecule has 2 N–H and O–H groups in total. The zero-order valence-corrected chi connectivity index (χ0v) is 13.3. The van der Waals surface area contributed by atoms with Crippen molar-refractivity contribution in [1.29, 1.82) is 0 Å². The Bertz CT molecular complexity index is 685. The predicted octanol–water partition coefficient (Wildman–Crippen LogP) is 3.49. The van der Waals surface area contributed by atoms with Crippen LogP contribution in [0.4, 0.5) is 4.39 Å². The second kappa shape index (κ2) is 6.06. The number of hydrogen-bond acceptors (Lipinski definition) is 2. The van der Waals surface area contributed by atoms with Crippen LogP contribution in [0.25, 0.3) is 0 Å². The Labute approximate surface area is 137 Å². The minimum Gasteiger partial charge on any atom is -0.330 e. The van der Waals surface area contributed by atoms with Crippen LogP contribution < -0.4 is 5.73 Å². The van der Waals surface area contributed by atoms with E-state index in [1.807, 2.05) is 6.07 Å². The molecular formula is C20H23FN2. The summed E-state index contributed by atoms with van der Waals surface area (Å²) < 4.78 is 13.7. The largest absolute Gasteiger partial charge is 0.330 e. The Morgan fingerprint density at radius 1 is 1.09 bits per heavy atom. The number of rotatable bonds is 3. The molecule has 0 amide bonds. The summed E-state index contributed by atoms with van der Waals surface area (Å²) >= 11 is 0. The van der Waals surface area contributed by atoms with E-state index in [1.54, 1.807) is 12.1 Å². The van der Waals surface area contributed by atoms with Gasteiger partial charge in [-0.05, 0) is 54.1 Å². The van der Waals surface area contributed by atoms with Crippen LogP contribution in [0.15, 0.2) is 48.5 Å². The van der Waals surface area contributed by atoms with Gasteiger partial charge in [-0.25, -0.2) is 4.39 Å². The highest BCUT2D eigenvalue weighted by Gasteiger charge is 2.38. The molecule has 1 aliphatic heterocycles. The molecule has 2 nitrogen and oxygen atoms in total. The van der Waals surface area contributed by atoms with Gasteiger partial charge in [-0.15, -0.1) is 0 Å². The van der Waals surface area contributed by atoms with Gasteiger partial charge in [0.05, 0.1) is 0 Å². The Balaban J connectivity index is 1.59. The molecule has 3 heteroatoms. The molecule has 0 aromatic heterocycles. The monoisotopic (exact) mass is 310 g/mol. The lowest BCUT2D eigenvalue weighted by atomic mass is 9.89. The van der Waals surface area contributed by atoms with Crippen LogP contribution in [0.3, 0.4) is 0 Å². The molecule has 1 unspecified atom stereocenters. The van der Waals surface area contributed by atoms with E-state index in [4.69, 9.17) is 5.73 Å². The molecule has 23 heavy (non-hydrogen) atoms. The second-order valence-corrected chi connectivity index (χ2v) is 6.86. The number of fused-ring (bicyclic) bond motifs is 1. The van der Waals surface area contributed by atoms with E-state index in [9.17, 15) is 4.39 Å². The summed E-state index contributed by atoms with van der Waals surface area (Å²) in [5, 5.41) is 0. The van der Waals surface area contributed by atoms with Gasteiger partial charge in [0.15, 0.2) is 0 Å². The molecule has 1 heterocycles. The summed E-state index contributed by atoms with van der Waals surface area (Å²) in [5.74, 6) is 0.846. The summed E-state index contributed by atoms with van der Waals surface area (Å²) in [5.41, 5.74) is 9.93. The maximum absolute atomic E-state index is 13.7. The maximum Gasteiger partial charge on any atom is 0.123 e. The van der Waals surface area contributed by atoms with Gasteiger partial charge < -0.3 is 5.73 Å². The molecule has 0 bridgehead atoms. The first kappa shape index (κ1) is 14.9. The molecule has 2 aliphatic rings. The van der Waals surface area contributed by atoms with Crippen LogP contribution in [-0.4, -0.2) is 24.5 Å². The SMILES string of the molecule is NC[C@@H]1CN(C2CCc3ccc(F)cc32)C[C@H]1c1ccccc1. The molecule has 0 radical (unpaired) electrons. The first-order valence-electron chi connectivity index (χ1n) is 8.53. The summed E-state index contributed by atoms with van der Waals surface area (Å²) in [4.78, 5) is 2.53. The average Bonchev–Trinajstić information content (AvgIpc) is 3.18. The minimum atomic E-state index is -0.121. The van der Waals surface area contributed by atoms with Crippen molar-refractivity contribution in [3.8, 4) is 0 Å². The molecule has 1 aliphatic carbocycles. The van der Waals surface area contributed by atoms with E-state index in [2.05, 4.69) is 35.2 Å². The highest BCUT2D eigenvalue weighted by Crippen LogP contribution is 2.42. The fraction of sp³-hybridized carbons (Fsp3) is 0.400. The molecule has 1 fully saturated rings. The minimum absolute atomic E-state index is 0.121. The fourth-order valence-corrected chi connectivity index (χ4v) is 4.41. The van der Waals surface area contributed by atoms with Gasteiger partial charge in [-0.3, -0.25) is 4.90 Å². The number of aryl methyl sites for hydroxylation is 1. The van der Waals surface area contributed by atoms with Crippen LogP contribution in [0, 0.1) is 11.7 Å². The number of likely N-dealkylation sites (tertiary alicyclic amines) is 1. The third-order valence-electron chi connectivity index (χ3n) is 5.59. The normalized spacial score (nSPS) is 27.3. The van der Waals surface area contributed by atoms with Crippen LogP contribution in [0.2, 0.25) is 0 Å². The van der Waals surface area contributed by atoms with Gasteiger partial charge in [-0.1, -0.05) is 36.4 Å². The Morgan fingerprint density at radius 2 is 1.91 bits per heavy atom. The molecule has 1 saturated heterocycles. The van der Waals surface area contributed by atoms with Crippen LogP contribution >= 0.6 is 0 Å². The van der Waals surface area contributed by atoms with Crippen molar-refractivity contribution in [2.45, 2.75) is 24.8 Å². The van der Waals surface area contributed by atoms with Crippen molar-refractivity contribution < 1.29 is 4.39 Å². The van der Waals surface area contributed by atoms with E-state index in [0.29, 0.717) is 24.4 Å². The van der Waals surface area contributed by atoms with Gasteiger partial charge in [0.2, 0.25) is 0 Å². The number of hydrogen-bond donors (Lipinski definition) is 1. The number of nitrogens with two attached hydrogens (primary N) is 1. The van der Waals surface area contributed by atoms with Gasteiger partial charge in [-0.2, -0.15) is 0 Å². The number of halogens is 1. The molecule has 2 aromatic rings. The Morgan fingerprint density at radius 3 is 2.70 bits per heavy atom. The lowest BCUT2D eigenvalue weighted by Crippen LogP contribution is -2.26. The Kier molecular flexibility index (Phi) is 3.92. The molecule has 0 saturated carbocycles. The van der Waals surface area contributed by atoms with E-state index in [-0.39, 0.29) is 5.82 Å². The summed E-state index contributed by atoms with van der Waals surface area (Å²) in [6.07, 6.45) is 2.15. The zero-order valence-electron chi connectivity index (χ0n) is 13.3. The summed E-state index contributed by atoms with van der Waals surface area (Å²) in [6, 6.07) is 16.3. The van der Waals surface area contributed by atoms with Crippen molar-refractivity contribution in [3.05, 3.63) is 71.0 Å². The molecule has 120 valence electrons. The van der Waals surface area contributed by atoms with Crippen molar-refractivity contribution in [2.24, 2.45) is 11.7 Å². The smallest absolute Gasteiger partial charge is 0.123 e. The fourth-order valence-electron chi connectivity index (χ4n) is 4.41. The second-order valence-electron chi connectivity index (χ2n) is 6.86. The highest BCUT2D eigenvalue weighted by atomic mass is 19.1. The highest BCUT2D eigenvalue weighted by molar-refractivity contribution is 5.35. The van der Waals surface area contributed by atoms with Crippen molar-refractivity contribution >= 4 is 0 Å². The van der Waals surface area contributed by atoms with E-state index in [0.717, 1.165) is 25.9 Å². The van der Waals surface area contributed by atoms with Gasteiger partial charge in [0.25, 0.3) is 0 Å².